The molecule has 0 aromatic rings. The van der Waals surface area contributed by atoms with E-state index < -0.39 is 8.80 Å². The van der Waals surface area contributed by atoms with E-state index in [0.717, 1.165) is 11.4 Å². The van der Waals surface area contributed by atoms with Gasteiger partial charge < -0.3 is 4.43 Å². The molecule has 0 aliphatic rings. The molecular weight excluding hydrogens is 302 g/mol. The first-order chi connectivity index (χ1) is 10.5. The van der Waals surface area contributed by atoms with E-state index in [-0.39, 0.29) is 0 Å². The number of nitrogens with one attached hydrogen (secondary N) is 2. The average Bonchev–Trinajstić information content (AvgIpc) is 2.54. The van der Waals surface area contributed by atoms with Crippen LogP contribution in [0.4, 0.5) is 0 Å². The Labute approximate surface area is 133 Å². The number of nitrogens with zero attached hydrogens (tertiary/aromatic N) is 1. The number of isocyanates is 1. The summed E-state index contributed by atoms with van der Waals surface area (Å²) in [6.45, 7) is 10.3. The molecule has 0 amide bonds. The van der Waals surface area contributed by atoms with Gasteiger partial charge in [0, 0.05) is 24.0 Å². The molecule has 8 heteroatoms. The van der Waals surface area contributed by atoms with Crippen molar-refractivity contribution in [2.24, 2.45) is 4.99 Å². The lowest BCUT2D eigenvalue weighted by Crippen LogP contribution is -2.52. The summed E-state index contributed by atoms with van der Waals surface area (Å²) in [5.41, 5.74) is 7.40. The van der Waals surface area contributed by atoms with Gasteiger partial charge in [-0.05, 0) is 41.0 Å². The molecule has 0 aromatic heterocycles. The quantitative estimate of drug-likeness (QED) is 0.188. The third kappa shape index (κ3) is 8.76. The first-order valence-electron chi connectivity index (χ1n) is 7.35. The zero-order chi connectivity index (χ0) is 16.8. The van der Waals surface area contributed by atoms with Crippen molar-refractivity contribution in [1.29, 1.82) is 0 Å². The molecule has 0 rings (SSSR count). The smallest absolute Gasteiger partial charge is 0.372 e. The normalized spacial score (nSPS) is 15.0. The molecule has 0 atom stereocenters. The summed E-state index contributed by atoms with van der Waals surface area (Å²) in [7, 11) is -3.00. The third-order valence-electron chi connectivity index (χ3n) is 2.78. The van der Waals surface area contributed by atoms with E-state index in [4.69, 9.17) is 13.5 Å². The van der Waals surface area contributed by atoms with Gasteiger partial charge in [-0.15, -0.1) is 0 Å². The molecule has 0 radical (unpaired) electrons. The van der Waals surface area contributed by atoms with Crippen LogP contribution in [0.5, 0.6) is 0 Å². The summed E-state index contributed by atoms with van der Waals surface area (Å²) in [6, 6.07) is 0.514. The number of hydroxylamine groups is 2. The van der Waals surface area contributed by atoms with Crippen LogP contribution in [-0.4, -0.2) is 28.0 Å². The van der Waals surface area contributed by atoms with Crippen LogP contribution < -0.4 is 11.0 Å². The Hall–Kier alpha value is -1.44. The Balaban J connectivity index is 4.92. The second-order valence-corrected chi connectivity index (χ2v) is 7.11. The summed E-state index contributed by atoms with van der Waals surface area (Å²) < 4.78 is 17.3. The maximum Gasteiger partial charge on any atom is 0.544 e. The van der Waals surface area contributed by atoms with E-state index in [2.05, 4.69) is 16.0 Å². The monoisotopic (exact) mass is 329 g/mol. The third-order valence-corrected chi connectivity index (χ3v) is 5.30. The van der Waals surface area contributed by atoms with Gasteiger partial charge in [-0.2, -0.15) is 0 Å². The Morgan fingerprint density at radius 3 is 2.14 bits per heavy atom. The van der Waals surface area contributed by atoms with Gasteiger partial charge in [0.05, 0.1) is 6.54 Å². The fourth-order valence-electron chi connectivity index (χ4n) is 1.33. The standard InChI is InChI=1S/C14H27N3O4Si/c1-6-13(4)16-20-22(19-8-3,11-9-10-15-12-18)21-17-14(5)7-2/h6-7,16-17H,8-11H2,1-5H3. The molecule has 0 aliphatic heterocycles. The maximum atomic E-state index is 10.1. The number of aliphatic imine (C=N–C) groups is 1. The van der Waals surface area contributed by atoms with Crippen LogP contribution in [0.15, 0.2) is 28.5 Å². The van der Waals surface area contributed by atoms with Crippen LogP contribution in [0, 0.1) is 0 Å². The molecule has 0 spiro atoms. The highest BCUT2D eigenvalue weighted by molar-refractivity contribution is 6.60. The van der Waals surface area contributed by atoms with Gasteiger partial charge in [0.2, 0.25) is 6.08 Å². The van der Waals surface area contributed by atoms with Crippen LogP contribution in [0.25, 0.3) is 0 Å². The summed E-state index contributed by atoms with van der Waals surface area (Å²) in [5, 5.41) is 0. The molecule has 126 valence electrons. The van der Waals surface area contributed by atoms with Crippen LogP contribution in [0.3, 0.4) is 0 Å². The number of rotatable bonds is 12. The summed E-state index contributed by atoms with van der Waals surface area (Å²) >= 11 is 0. The molecule has 0 fully saturated rings. The molecule has 0 saturated heterocycles. The number of hydrogen-bond donors (Lipinski definition) is 2. The van der Waals surface area contributed by atoms with Crippen molar-refractivity contribution < 1.29 is 18.3 Å². The second-order valence-electron chi connectivity index (χ2n) is 4.54. The lowest BCUT2D eigenvalue weighted by atomic mass is 10.5. The van der Waals surface area contributed by atoms with E-state index in [0.29, 0.717) is 25.6 Å². The first-order valence-corrected chi connectivity index (χ1v) is 9.28. The van der Waals surface area contributed by atoms with E-state index in [1.165, 1.54) is 6.08 Å². The highest BCUT2D eigenvalue weighted by Gasteiger charge is 2.43. The van der Waals surface area contributed by atoms with E-state index >= 15 is 0 Å². The van der Waals surface area contributed by atoms with Gasteiger partial charge in [-0.1, -0.05) is 12.2 Å². The lowest BCUT2D eigenvalue weighted by Gasteiger charge is -2.29. The van der Waals surface area contributed by atoms with Crippen molar-refractivity contribution in [3.8, 4) is 0 Å². The van der Waals surface area contributed by atoms with Crippen molar-refractivity contribution >= 4 is 14.9 Å². The minimum atomic E-state index is -3.00. The molecule has 0 bridgehead atoms. The SMILES string of the molecule is CC=C(C)NO[Si](CCCN=C=O)(OCC)ONC(C)=CC. The van der Waals surface area contributed by atoms with Gasteiger partial charge in [-0.3, -0.25) is 20.0 Å². The fraction of sp³-hybridized carbons (Fsp3) is 0.643. The minimum absolute atomic E-state index is 0.364. The number of allylic oxidation sites excluding steroid dienone is 4. The Kier molecular flexibility index (Phi) is 11.3. The molecule has 0 saturated carbocycles. The molecule has 2 N–H and O–H groups in total. The zero-order valence-corrected chi connectivity index (χ0v) is 15.1. The van der Waals surface area contributed by atoms with Crippen molar-refractivity contribution in [2.75, 3.05) is 13.2 Å². The van der Waals surface area contributed by atoms with Crippen LogP contribution in [-0.2, 0) is 18.3 Å². The van der Waals surface area contributed by atoms with E-state index in [1.54, 1.807) is 0 Å². The van der Waals surface area contributed by atoms with Crippen molar-refractivity contribution in [3.05, 3.63) is 23.5 Å². The Bertz CT molecular complexity index is 398. The molecule has 22 heavy (non-hydrogen) atoms. The van der Waals surface area contributed by atoms with Gasteiger partial charge in [-0.25, -0.2) is 9.79 Å². The number of carbonyl (C=O) groups excluding carboxylic acids is 1. The fourth-order valence-corrected chi connectivity index (χ4v) is 3.50. The average molecular weight is 329 g/mol. The minimum Gasteiger partial charge on any atom is -0.372 e. The van der Waals surface area contributed by atoms with Crippen LogP contribution >= 0.6 is 0 Å². The summed E-state index contributed by atoms with van der Waals surface area (Å²) in [6.07, 6.45) is 5.89. The van der Waals surface area contributed by atoms with Crippen LogP contribution in [0.1, 0.15) is 41.0 Å². The van der Waals surface area contributed by atoms with Crippen molar-refractivity contribution in [1.82, 2.24) is 11.0 Å². The van der Waals surface area contributed by atoms with Gasteiger partial charge in [0.1, 0.15) is 0 Å². The predicted molar refractivity (Wildman–Crippen MR) is 87.1 cm³/mol. The first kappa shape index (κ1) is 20.6. The highest BCUT2D eigenvalue weighted by Crippen LogP contribution is 2.17. The largest absolute Gasteiger partial charge is 0.544 e. The number of hydrogen-bond acceptors (Lipinski definition) is 7. The molecule has 0 aliphatic carbocycles. The van der Waals surface area contributed by atoms with Gasteiger partial charge in [0.15, 0.2) is 0 Å². The molecule has 0 heterocycles. The van der Waals surface area contributed by atoms with E-state index in [1.807, 2.05) is 46.8 Å². The Morgan fingerprint density at radius 2 is 1.73 bits per heavy atom. The molecule has 7 nitrogen and oxygen atoms in total. The molecule has 0 aromatic carbocycles. The second kappa shape index (κ2) is 12.1. The van der Waals surface area contributed by atoms with Gasteiger partial charge in [0.25, 0.3) is 0 Å². The maximum absolute atomic E-state index is 10.1. The highest BCUT2D eigenvalue weighted by atomic mass is 28.4. The summed E-state index contributed by atoms with van der Waals surface area (Å²) in [5.74, 6) is 0. The Morgan fingerprint density at radius 1 is 1.18 bits per heavy atom. The predicted octanol–water partition coefficient (Wildman–Crippen LogP) is 2.58. The lowest BCUT2D eigenvalue weighted by molar-refractivity contribution is 0.00728. The topological polar surface area (TPSA) is 81.2 Å². The van der Waals surface area contributed by atoms with Crippen molar-refractivity contribution in [3.63, 3.8) is 0 Å². The van der Waals surface area contributed by atoms with Crippen molar-refractivity contribution in [2.45, 2.75) is 47.1 Å². The summed E-state index contributed by atoms with van der Waals surface area (Å²) in [4.78, 5) is 13.7. The van der Waals surface area contributed by atoms with E-state index in [9.17, 15) is 4.79 Å². The molecule has 0 unspecified atom stereocenters. The van der Waals surface area contributed by atoms with Gasteiger partial charge >= 0.3 is 8.80 Å². The van der Waals surface area contributed by atoms with Crippen LogP contribution in [0.2, 0.25) is 6.04 Å². The molecular formula is C14H27N3O4Si. The zero-order valence-electron chi connectivity index (χ0n) is 14.1.